The maximum absolute atomic E-state index is 12.6. The predicted octanol–water partition coefficient (Wildman–Crippen LogP) is 1.80. The van der Waals surface area contributed by atoms with Crippen LogP contribution in [0, 0.1) is 11.8 Å². The van der Waals surface area contributed by atoms with E-state index in [9.17, 15) is 9.59 Å². The summed E-state index contributed by atoms with van der Waals surface area (Å²) in [7, 11) is 0. The van der Waals surface area contributed by atoms with Gasteiger partial charge in [-0.1, -0.05) is 12.1 Å². The Morgan fingerprint density at radius 2 is 2.00 bits per heavy atom. The van der Waals surface area contributed by atoms with Crippen LogP contribution in [-0.2, 0) is 16.1 Å². The van der Waals surface area contributed by atoms with E-state index in [1.54, 1.807) is 0 Å². The number of rotatable bonds is 3. The second-order valence-corrected chi connectivity index (χ2v) is 7.19. The van der Waals surface area contributed by atoms with E-state index in [1.807, 2.05) is 29.4 Å². The molecular weight excluding hydrogens is 316 g/mol. The van der Waals surface area contributed by atoms with Gasteiger partial charge >= 0.3 is 0 Å². The Kier molecular flexibility index (Phi) is 4.42. The number of imidazole rings is 1. The molecule has 0 radical (unpaired) electrons. The number of aromatic nitrogens is 2. The fraction of sp³-hybridized carbons (Fsp3) is 0.526. The minimum Gasteiger partial charge on any atom is -0.355 e. The van der Waals surface area contributed by atoms with Crippen molar-refractivity contribution >= 4 is 22.8 Å². The van der Waals surface area contributed by atoms with Crippen molar-refractivity contribution in [3.8, 4) is 0 Å². The van der Waals surface area contributed by atoms with Gasteiger partial charge in [-0.05, 0) is 37.3 Å². The van der Waals surface area contributed by atoms with E-state index in [-0.39, 0.29) is 17.7 Å². The fourth-order valence-corrected chi connectivity index (χ4v) is 3.97. The van der Waals surface area contributed by atoms with Crippen LogP contribution < -0.4 is 5.32 Å². The molecule has 0 saturated carbocycles. The van der Waals surface area contributed by atoms with E-state index in [0.717, 1.165) is 38.0 Å². The molecule has 132 valence electrons. The van der Waals surface area contributed by atoms with Crippen LogP contribution >= 0.6 is 0 Å². The number of piperidine rings is 2. The van der Waals surface area contributed by atoms with Gasteiger partial charge in [0, 0.05) is 32.6 Å². The Labute approximate surface area is 147 Å². The number of carbonyl (C=O) groups excluding carboxylic acids is 2. The highest BCUT2D eigenvalue weighted by molar-refractivity contribution is 5.83. The fourth-order valence-electron chi connectivity index (χ4n) is 3.97. The van der Waals surface area contributed by atoms with Crippen molar-refractivity contribution in [3.05, 3.63) is 30.6 Å². The molecule has 2 fully saturated rings. The zero-order chi connectivity index (χ0) is 17.2. The van der Waals surface area contributed by atoms with Gasteiger partial charge in [0.15, 0.2) is 0 Å². The Hall–Kier alpha value is -2.37. The van der Waals surface area contributed by atoms with Gasteiger partial charge in [-0.25, -0.2) is 4.98 Å². The Morgan fingerprint density at radius 1 is 1.20 bits per heavy atom. The molecule has 25 heavy (non-hydrogen) atoms. The summed E-state index contributed by atoms with van der Waals surface area (Å²) in [5.74, 6) is 0.821. The summed E-state index contributed by atoms with van der Waals surface area (Å²) in [6, 6.07) is 8.20. The van der Waals surface area contributed by atoms with Crippen LogP contribution in [0.25, 0.3) is 11.0 Å². The number of fused-ring (bicyclic) bond motifs is 1. The van der Waals surface area contributed by atoms with E-state index in [4.69, 9.17) is 0 Å². The standard InChI is InChI=1S/C19H24N4O2/c24-18-6-5-15(11-20-18)19(25)22-9-7-14(8-10-22)12-23-13-21-16-3-1-2-4-17(16)23/h1-4,13-15H,5-12H2,(H,20,24). The molecule has 1 aromatic carbocycles. The smallest absolute Gasteiger partial charge is 0.227 e. The number of hydrogen-bond acceptors (Lipinski definition) is 3. The third-order valence-electron chi connectivity index (χ3n) is 5.52. The summed E-state index contributed by atoms with van der Waals surface area (Å²) in [5.41, 5.74) is 2.22. The topological polar surface area (TPSA) is 67.2 Å². The average Bonchev–Trinajstić information content (AvgIpc) is 3.06. The molecule has 1 aromatic heterocycles. The first-order valence-corrected chi connectivity index (χ1v) is 9.16. The molecule has 2 saturated heterocycles. The van der Waals surface area contributed by atoms with Crippen molar-refractivity contribution in [1.82, 2.24) is 19.8 Å². The minimum absolute atomic E-state index is 0.0353. The Balaban J connectivity index is 1.32. The van der Waals surface area contributed by atoms with Gasteiger partial charge in [-0.15, -0.1) is 0 Å². The summed E-state index contributed by atoms with van der Waals surface area (Å²) in [4.78, 5) is 30.3. The molecule has 3 heterocycles. The van der Waals surface area contributed by atoms with Crippen molar-refractivity contribution < 1.29 is 9.59 Å². The predicted molar refractivity (Wildman–Crippen MR) is 94.8 cm³/mol. The van der Waals surface area contributed by atoms with Crippen LogP contribution in [0.15, 0.2) is 30.6 Å². The second kappa shape index (κ2) is 6.86. The zero-order valence-corrected chi connectivity index (χ0v) is 14.4. The van der Waals surface area contributed by atoms with E-state index in [0.29, 0.717) is 25.3 Å². The zero-order valence-electron chi connectivity index (χ0n) is 14.4. The highest BCUT2D eigenvalue weighted by Crippen LogP contribution is 2.24. The van der Waals surface area contributed by atoms with Crippen LogP contribution in [0.4, 0.5) is 0 Å². The van der Waals surface area contributed by atoms with Gasteiger partial charge in [0.2, 0.25) is 11.8 Å². The van der Waals surface area contributed by atoms with Crippen LogP contribution in [0.1, 0.15) is 25.7 Å². The van der Waals surface area contributed by atoms with Gasteiger partial charge in [-0.2, -0.15) is 0 Å². The normalized spacial score (nSPS) is 22.2. The maximum Gasteiger partial charge on any atom is 0.227 e. The lowest BCUT2D eigenvalue weighted by Crippen LogP contribution is -2.47. The molecule has 6 heteroatoms. The first-order valence-electron chi connectivity index (χ1n) is 9.16. The first kappa shape index (κ1) is 16.1. The van der Waals surface area contributed by atoms with Crippen LogP contribution in [0.5, 0.6) is 0 Å². The van der Waals surface area contributed by atoms with Gasteiger partial charge < -0.3 is 14.8 Å². The van der Waals surface area contributed by atoms with Gasteiger partial charge in [0.25, 0.3) is 0 Å². The Bertz CT molecular complexity index is 767. The van der Waals surface area contributed by atoms with Crippen LogP contribution in [0.3, 0.4) is 0 Å². The van der Waals surface area contributed by atoms with Crippen molar-refractivity contribution in [1.29, 1.82) is 0 Å². The monoisotopic (exact) mass is 340 g/mol. The van der Waals surface area contributed by atoms with E-state index < -0.39 is 0 Å². The molecular formula is C19H24N4O2. The summed E-state index contributed by atoms with van der Waals surface area (Å²) in [5, 5.41) is 2.81. The second-order valence-electron chi connectivity index (χ2n) is 7.19. The molecule has 1 atom stereocenters. The molecule has 1 unspecified atom stereocenters. The average molecular weight is 340 g/mol. The SMILES string of the molecule is O=C1CCC(C(=O)N2CCC(Cn3cnc4ccccc43)CC2)CN1. The number of hydrogen-bond donors (Lipinski definition) is 1. The molecule has 0 spiro atoms. The van der Waals surface area contributed by atoms with Crippen molar-refractivity contribution in [2.24, 2.45) is 11.8 Å². The number of para-hydroxylation sites is 2. The summed E-state index contributed by atoms with van der Waals surface area (Å²) in [6.45, 7) is 3.10. The van der Waals surface area contributed by atoms with Crippen molar-refractivity contribution in [2.75, 3.05) is 19.6 Å². The number of benzene rings is 1. The molecule has 2 aromatic rings. The number of nitrogens with one attached hydrogen (secondary N) is 1. The third-order valence-corrected chi connectivity index (χ3v) is 5.52. The molecule has 2 aliphatic rings. The molecule has 2 aliphatic heterocycles. The summed E-state index contributed by atoms with van der Waals surface area (Å²) >= 11 is 0. The molecule has 4 rings (SSSR count). The van der Waals surface area contributed by atoms with E-state index in [2.05, 4.69) is 20.9 Å². The quantitative estimate of drug-likeness (QED) is 0.926. The Morgan fingerprint density at radius 3 is 2.76 bits per heavy atom. The highest BCUT2D eigenvalue weighted by atomic mass is 16.2. The number of likely N-dealkylation sites (tertiary alicyclic amines) is 1. The van der Waals surface area contributed by atoms with Gasteiger partial charge in [-0.3, -0.25) is 9.59 Å². The molecule has 0 bridgehead atoms. The third kappa shape index (κ3) is 3.38. The van der Waals surface area contributed by atoms with E-state index in [1.165, 1.54) is 5.52 Å². The number of nitrogens with zero attached hydrogens (tertiary/aromatic N) is 3. The summed E-state index contributed by atoms with van der Waals surface area (Å²) in [6.07, 6.45) is 5.13. The lowest BCUT2D eigenvalue weighted by Gasteiger charge is -2.35. The molecule has 0 aliphatic carbocycles. The lowest BCUT2D eigenvalue weighted by molar-refractivity contribution is -0.138. The maximum atomic E-state index is 12.6. The molecule has 1 N–H and O–H groups in total. The van der Waals surface area contributed by atoms with E-state index >= 15 is 0 Å². The van der Waals surface area contributed by atoms with Crippen molar-refractivity contribution in [2.45, 2.75) is 32.2 Å². The van der Waals surface area contributed by atoms with Gasteiger partial charge in [0.05, 0.1) is 23.3 Å². The number of amides is 2. The molecule has 6 nitrogen and oxygen atoms in total. The largest absolute Gasteiger partial charge is 0.355 e. The first-order chi connectivity index (χ1) is 12.2. The van der Waals surface area contributed by atoms with Gasteiger partial charge in [0.1, 0.15) is 0 Å². The highest BCUT2D eigenvalue weighted by Gasteiger charge is 2.30. The van der Waals surface area contributed by atoms with Crippen LogP contribution in [-0.4, -0.2) is 45.9 Å². The molecule has 2 amide bonds. The van der Waals surface area contributed by atoms with Crippen molar-refractivity contribution in [3.63, 3.8) is 0 Å². The summed E-state index contributed by atoms with van der Waals surface area (Å²) < 4.78 is 2.23. The lowest BCUT2D eigenvalue weighted by atomic mass is 9.93. The minimum atomic E-state index is -0.0353. The van der Waals surface area contributed by atoms with Crippen LogP contribution in [0.2, 0.25) is 0 Å². The number of carbonyl (C=O) groups is 2.